The third kappa shape index (κ3) is 6.81. The number of pyridine rings is 1. The fourth-order valence-corrected chi connectivity index (χ4v) is 3.73. The topological polar surface area (TPSA) is 114 Å². The van der Waals surface area contributed by atoms with Gasteiger partial charge in [0.2, 0.25) is 5.88 Å². The van der Waals surface area contributed by atoms with Crippen molar-refractivity contribution in [3.8, 4) is 11.6 Å². The van der Waals surface area contributed by atoms with E-state index < -0.39 is 61.3 Å². The number of aryl methyl sites for hydroxylation is 1. The van der Waals surface area contributed by atoms with E-state index in [2.05, 4.69) is 10.3 Å². The van der Waals surface area contributed by atoms with Gasteiger partial charge in [-0.2, -0.15) is 18.2 Å². The predicted molar refractivity (Wildman–Crippen MR) is 124 cm³/mol. The molecule has 2 heterocycles. The van der Waals surface area contributed by atoms with Gasteiger partial charge >= 0.3 is 12.3 Å². The van der Waals surface area contributed by atoms with Crippen molar-refractivity contribution in [3.63, 3.8) is 0 Å². The van der Waals surface area contributed by atoms with Crippen LogP contribution in [-0.4, -0.2) is 51.9 Å². The number of methoxy groups -OCH3 is 1. The summed E-state index contributed by atoms with van der Waals surface area (Å²) in [6, 6.07) is 4.91. The van der Waals surface area contributed by atoms with Crippen LogP contribution in [0.5, 0.6) is 11.6 Å². The van der Waals surface area contributed by atoms with Crippen LogP contribution in [0.25, 0.3) is 5.65 Å². The average molecular weight is 544 g/mol. The summed E-state index contributed by atoms with van der Waals surface area (Å²) < 4.78 is 78.5. The molecule has 0 fully saturated rings. The molecule has 1 aromatic carbocycles. The number of fused-ring (bicyclic) bond motifs is 1. The quantitative estimate of drug-likeness (QED) is 0.322. The maximum atomic E-state index is 14.0. The maximum Gasteiger partial charge on any atom is 0.405 e. The first-order valence-corrected chi connectivity index (χ1v) is 11.2. The van der Waals surface area contributed by atoms with Crippen molar-refractivity contribution < 1.29 is 46.1 Å². The van der Waals surface area contributed by atoms with Gasteiger partial charge in [0, 0.05) is 19.2 Å². The lowest BCUT2D eigenvalue weighted by atomic mass is 9.95. The number of imidazole rings is 1. The van der Waals surface area contributed by atoms with E-state index in [0.717, 1.165) is 12.1 Å². The number of alkyl halides is 3. The molecule has 1 unspecified atom stereocenters. The fraction of sp³-hybridized carbons (Fsp3) is 0.375. The lowest BCUT2D eigenvalue weighted by molar-refractivity contribution is -0.138. The number of nitrogens with one attached hydrogen (secondary N) is 2. The number of aromatic nitrogens is 2. The van der Waals surface area contributed by atoms with Crippen LogP contribution in [0.1, 0.15) is 41.4 Å². The zero-order chi connectivity index (χ0) is 28.3. The first-order valence-electron chi connectivity index (χ1n) is 11.2. The van der Waals surface area contributed by atoms with Gasteiger partial charge in [-0.3, -0.25) is 9.20 Å². The molecule has 3 N–H and O–H groups in total. The summed E-state index contributed by atoms with van der Waals surface area (Å²) in [6.07, 6.45) is -6.48. The summed E-state index contributed by atoms with van der Waals surface area (Å²) in [5, 5.41) is 13.5. The number of nitrogens with zero attached hydrogens (tertiary/aromatic N) is 2. The monoisotopic (exact) mass is 544 g/mol. The van der Waals surface area contributed by atoms with E-state index in [9.17, 15) is 31.5 Å². The number of amides is 2. The lowest BCUT2D eigenvalue weighted by Crippen LogP contribution is -2.53. The lowest BCUT2D eigenvalue weighted by Gasteiger charge is -2.30. The van der Waals surface area contributed by atoms with Crippen molar-refractivity contribution in [2.24, 2.45) is 0 Å². The van der Waals surface area contributed by atoms with Crippen LogP contribution in [0.4, 0.5) is 26.7 Å². The maximum absolute atomic E-state index is 14.0. The number of carbonyl (C=O) groups excluding carboxylic acids is 1. The molecular formula is C24H25F5N4O5. The van der Waals surface area contributed by atoms with Crippen LogP contribution in [0, 0.1) is 18.6 Å². The van der Waals surface area contributed by atoms with Crippen LogP contribution >= 0.6 is 0 Å². The van der Waals surface area contributed by atoms with Crippen molar-refractivity contribution in [1.82, 2.24) is 20.0 Å². The second kappa shape index (κ2) is 11.1. The molecule has 0 aliphatic carbocycles. The van der Waals surface area contributed by atoms with Crippen molar-refractivity contribution >= 4 is 17.6 Å². The number of carbonyl (C=O) groups is 2. The highest BCUT2D eigenvalue weighted by Gasteiger charge is 2.35. The summed E-state index contributed by atoms with van der Waals surface area (Å²) in [4.78, 5) is 28.5. The summed E-state index contributed by atoms with van der Waals surface area (Å²) in [5.74, 6) is -2.53. The molecule has 0 saturated carbocycles. The SMILES string of the molecule is COc1nc2c(OCc3c(F)cccc3F)cc(C)cn2c1C(=O)NCC(C)(CCC(F)(F)F)NC(=O)O. The molecule has 2 aromatic heterocycles. The van der Waals surface area contributed by atoms with Gasteiger partial charge in [-0.15, -0.1) is 0 Å². The summed E-state index contributed by atoms with van der Waals surface area (Å²) in [6.45, 7) is 1.94. The van der Waals surface area contributed by atoms with Crippen LogP contribution in [-0.2, 0) is 6.61 Å². The highest BCUT2D eigenvalue weighted by Crippen LogP contribution is 2.30. The Balaban J connectivity index is 1.90. The Morgan fingerprint density at radius 3 is 2.39 bits per heavy atom. The summed E-state index contributed by atoms with van der Waals surface area (Å²) in [5.41, 5.74) is -1.47. The number of rotatable bonds is 10. The molecule has 2 amide bonds. The first-order chi connectivity index (χ1) is 17.7. The molecule has 206 valence electrons. The Hall–Kier alpha value is -4.10. The second-order valence-electron chi connectivity index (χ2n) is 8.82. The standard InChI is InChI=1S/C24H25F5N4O5/c1-13-9-17(38-11-14-15(25)5-4-6-16(14)26)19-31-21(37-3)18(33(19)10-13)20(34)30-12-23(2,32-22(35)36)7-8-24(27,28)29/h4-6,9-10,32H,7-8,11-12H2,1-3H3,(H,30,34)(H,35,36). The molecule has 0 saturated heterocycles. The zero-order valence-electron chi connectivity index (χ0n) is 20.6. The van der Waals surface area contributed by atoms with E-state index in [1.54, 1.807) is 6.92 Å². The van der Waals surface area contributed by atoms with E-state index >= 15 is 0 Å². The Morgan fingerprint density at radius 1 is 1.16 bits per heavy atom. The van der Waals surface area contributed by atoms with Crippen LogP contribution in [0.3, 0.4) is 0 Å². The summed E-state index contributed by atoms with van der Waals surface area (Å²) in [7, 11) is 1.24. The molecule has 3 aromatic rings. The van der Waals surface area contributed by atoms with Crippen molar-refractivity contribution in [2.45, 2.75) is 45.0 Å². The first kappa shape index (κ1) is 28.5. The molecule has 0 aliphatic heterocycles. The van der Waals surface area contributed by atoms with Gasteiger partial charge < -0.3 is 25.2 Å². The van der Waals surface area contributed by atoms with Gasteiger partial charge in [-0.1, -0.05) is 6.07 Å². The highest BCUT2D eigenvalue weighted by atomic mass is 19.4. The molecule has 9 nitrogen and oxygen atoms in total. The number of halogens is 5. The Bertz CT molecular complexity index is 1320. The smallest absolute Gasteiger partial charge is 0.405 e. The number of benzene rings is 1. The van der Waals surface area contributed by atoms with E-state index in [-0.39, 0.29) is 28.5 Å². The Kier molecular flexibility index (Phi) is 8.32. The Morgan fingerprint density at radius 2 is 1.82 bits per heavy atom. The molecule has 0 radical (unpaired) electrons. The Labute approximate surface area is 213 Å². The second-order valence-corrected chi connectivity index (χ2v) is 8.82. The summed E-state index contributed by atoms with van der Waals surface area (Å²) >= 11 is 0. The number of ether oxygens (including phenoxy) is 2. The molecule has 0 aliphatic rings. The van der Waals surface area contributed by atoms with Crippen molar-refractivity contribution in [3.05, 3.63) is 58.9 Å². The van der Waals surface area contributed by atoms with E-state index in [0.29, 0.717) is 5.56 Å². The third-order valence-electron chi connectivity index (χ3n) is 5.64. The van der Waals surface area contributed by atoms with Gasteiger partial charge in [0.15, 0.2) is 17.1 Å². The van der Waals surface area contributed by atoms with E-state index in [4.69, 9.17) is 14.6 Å². The number of carboxylic acid groups (broad SMARTS) is 1. The number of hydrogen-bond acceptors (Lipinski definition) is 5. The van der Waals surface area contributed by atoms with Crippen LogP contribution in [0.15, 0.2) is 30.5 Å². The fourth-order valence-electron chi connectivity index (χ4n) is 3.73. The molecule has 1 atom stereocenters. The van der Waals surface area contributed by atoms with Gasteiger partial charge in [-0.05, 0) is 44.0 Å². The van der Waals surface area contributed by atoms with Crippen LogP contribution in [0.2, 0.25) is 0 Å². The molecule has 3 rings (SSSR count). The highest BCUT2D eigenvalue weighted by molar-refractivity contribution is 5.96. The van der Waals surface area contributed by atoms with Gasteiger partial charge in [0.05, 0.1) is 18.2 Å². The van der Waals surface area contributed by atoms with Gasteiger partial charge in [0.25, 0.3) is 5.91 Å². The number of hydrogen-bond donors (Lipinski definition) is 3. The minimum Gasteiger partial charge on any atom is -0.485 e. The van der Waals surface area contributed by atoms with E-state index in [1.807, 2.05) is 5.32 Å². The average Bonchev–Trinajstić information content (AvgIpc) is 3.18. The van der Waals surface area contributed by atoms with Crippen molar-refractivity contribution in [2.75, 3.05) is 13.7 Å². The predicted octanol–water partition coefficient (Wildman–Crippen LogP) is 4.61. The van der Waals surface area contributed by atoms with Gasteiger partial charge in [-0.25, -0.2) is 13.6 Å². The largest absolute Gasteiger partial charge is 0.485 e. The normalized spacial score (nSPS) is 13.2. The van der Waals surface area contributed by atoms with Crippen molar-refractivity contribution in [1.29, 1.82) is 0 Å². The molecule has 0 bridgehead atoms. The van der Waals surface area contributed by atoms with Crippen LogP contribution < -0.4 is 20.1 Å². The van der Waals surface area contributed by atoms with E-state index in [1.165, 1.54) is 36.8 Å². The molecule has 0 spiro atoms. The zero-order valence-corrected chi connectivity index (χ0v) is 20.6. The molecular weight excluding hydrogens is 519 g/mol. The molecule has 38 heavy (non-hydrogen) atoms. The third-order valence-corrected chi connectivity index (χ3v) is 5.64. The van der Waals surface area contributed by atoms with Gasteiger partial charge in [0.1, 0.15) is 18.2 Å². The minimum absolute atomic E-state index is 0.0674. The molecule has 14 heteroatoms. The minimum atomic E-state index is -4.53.